The Balaban J connectivity index is 1.53. The second kappa shape index (κ2) is 56.9. The van der Waals surface area contributed by atoms with Gasteiger partial charge in [-0.15, -0.1) is 11.8 Å². The molecule has 0 bridgehead atoms. The number of carbonyl (C=O) groups excluding carboxylic acids is 15. The number of phenols is 2. The van der Waals surface area contributed by atoms with Gasteiger partial charge in [-0.1, -0.05) is 95.1 Å². The first kappa shape index (κ1) is 111. The highest BCUT2D eigenvalue weighted by Crippen LogP contribution is 2.18. The van der Waals surface area contributed by atoms with Crippen LogP contribution >= 0.6 is 11.8 Å². The van der Waals surface area contributed by atoms with Crippen LogP contribution < -0.4 is 96.7 Å². The van der Waals surface area contributed by atoms with Crippen LogP contribution in [0.25, 0.3) is 0 Å². The van der Waals surface area contributed by atoms with E-state index in [0.717, 1.165) is 36.2 Å². The Labute approximate surface area is 761 Å². The molecule has 48 heteroatoms. The van der Waals surface area contributed by atoms with E-state index in [1.807, 2.05) is 0 Å². The zero-order valence-electron chi connectivity index (χ0n) is 73.7. The lowest BCUT2D eigenvalue weighted by molar-refractivity contribution is -0.142. The fraction of sp³-hybridized carbons (Fsp3) is 0.524. The number of hydrogen-bond donors (Lipinski definition) is 26. The largest absolute Gasteiger partial charge is 0.508 e. The number of amides is 15. The second-order valence-electron chi connectivity index (χ2n) is 31.6. The summed E-state index contributed by atoms with van der Waals surface area (Å²) >= 11 is 0.795. The van der Waals surface area contributed by atoms with Crippen LogP contribution in [0.4, 0.5) is 0 Å². The molecule has 15 amide bonds. The standard InChI is InChI=1S/C84H120N18O29S/c1-8-44(4)69(81(128)94-56(35-50-19-23-52(108)24-20-50)75(122)90-54(32-43(2)3)74(121)92-58(36-67(115)116)73(120)88-45(5)14-12-13-28-85)100-80(127)61(40-104)96-76(123)55(34-49-17-21-51(107)22-18-49)91-77(124)59(37-68(117)118)93-79(126)60(39-103)97-83(130)71(47(7)106)101-78(125)57(33-48-15-10-9-11-16-48)95-82(129)70(46(6)105)98-63(110)38-87-72(119)53(25-26-66(113)114)89-65(112)42-132-41-64(111)86-29-31-102-30-27-62(109)99-84(102)131/h9-11,15-24,27,30,43-47,53-61,69-71,103-108H,8,12-14,25-26,28-29,31-42,85H2,1-7H3,(H,86,111)(H,87,119)(H,88,120)(H,89,112)(H,90,122)(H,91,124)(H,92,121)(H,93,126)(H,94,128)(H,95,129)(H,96,123)(H,97,130)(H,98,110)(H,100,127)(H,101,125)(H,113,114)(H,115,116)(H,117,118)(H,99,109,131)/t44-,45+,46+,47+,53-,54-,55-,56-,57-,58-,59-,60-,61-,69-,70-,71-/m0/s1. The molecule has 16 atom stereocenters. The Kier molecular flexibility index (Phi) is 47.8. The highest BCUT2D eigenvalue weighted by atomic mass is 32.2. The first-order chi connectivity index (χ1) is 62.3. The van der Waals surface area contributed by atoms with E-state index in [1.165, 1.54) is 73.8 Å². The van der Waals surface area contributed by atoms with Crippen LogP contribution in [0.2, 0.25) is 0 Å². The number of aromatic nitrogens is 2. The highest BCUT2D eigenvalue weighted by Gasteiger charge is 2.40. The molecule has 1 heterocycles. The van der Waals surface area contributed by atoms with E-state index in [9.17, 15) is 142 Å². The maximum absolute atomic E-state index is 14.7. The molecule has 1 aromatic heterocycles. The zero-order valence-corrected chi connectivity index (χ0v) is 74.6. The van der Waals surface area contributed by atoms with Gasteiger partial charge in [0.1, 0.15) is 84.0 Å². The van der Waals surface area contributed by atoms with Gasteiger partial charge in [0.25, 0.3) is 5.56 Å². The number of aromatic amines is 1. The molecule has 4 rings (SSSR count). The maximum atomic E-state index is 14.7. The predicted octanol–water partition coefficient (Wildman–Crippen LogP) is -7.25. The van der Waals surface area contributed by atoms with Gasteiger partial charge in [0.05, 0.1) is 56.3 Å². The van der Waals surface area contributed by atoms with E-state index >= 15 is 0 Å². The van der Waals surface area contributed by atoms with E-state index in [-0.39, 0.29) is 61.1 Å². The number of carbonyl (C=O) groups is 18. The normalized spacial score (nSPS) is 14.7. The average molecular weight is 1880 g/mol. The molecular formula is C84H120N18O29S. The van der Waals surface area contributed by atoms with E-state index in [2.05, 4.69) is 84.7 Å². The molecule has 27 N–H and O–H groups in total. The molecule has 4 aromatic rings. The number of aliphatic carboxylic acids is 3. The summed E-state index contributed by atoms with van der Waals surface area (Å²) in [6.45, 7) is 7.09. The molecule has 3 aromatic carbocycles. The summed E-state index contributed by atoms with van der Waals surface area (Å²) in [5.41, 5.74) is 5.14. The minimum atomic E-state index is -2.23. The average Bonchev–Trinajstić information content (AvgIpc) is 0.838. The van der Waals surface area contributed by atoms with Crippen molar-refractivity contribution in [3.8, 4) is 11.5 Å². The van der Waals surface area contributed by atoms with Crippen molar-refractivity contribution in [3.63, 3.8) is 0 Å². The Bertz CT molecular complexity index is 4710. The second-order valence-corrected chi connectivity index (χ2v) is 32.6. The van der Waals surface area contributed by atoms with Gasteiger partial charge in [0, 0.05) is 57.1 Å². The van der Waals surface area contributed by atoms with Crippen molar-refractivity contribution in [2.24, 2.45) is 17.6 Å². The minimum absolute atomic E-state index is 0.00664. The van der Waals surface area contributed by atoms with Crippen LogP contribution in [0, 0.1) is 11.8 Å². The predicted molar refractivity (Wildman–Crippen MR) is 470 cm³/mol. The quantitative estimate of drug-likeness (QED) is 0.0183. The van der Waals surface area contributed by atoms with Gasteiger partial charge in [0.2, 0.25) is 88.6 Å². The molecule has 0 saturated carbocycles. The van der Waals surface area contributed by atoms with Crippen LogP contribution in [0.1, 0.15) is 123 Å². The number of H-pyrrole nitrogens is 1. The van der Waals surface area contributed by atoms with Gasteiger partial charge >= 0.3 is 23.6 Å². The van der Waals surface area contributed by atoms with Crippen LogP contribution in [-0.2, 0) is 112 Å². The number of benzene rings is 3. The number of nitrogens with zero attached hydrogens (tertiary/aromatic N) is 1. The molecule has 132 heavy (non-hydrogen) atoms. The molecular weight excluding hydrogens is 1760 g/mol. The lowest BCUT2D eigenvalue weighted by Gasteiger charge is -2.30. The van der Waals surface area contributed by atoms with Gasteiger partial charge < -0.3 is 131 Å². The first-order valence-electron chi connectivity index (χ1n) is 42.2. The minimum Gasteiger partial charge on any atom is -0.508 e. The van der Waals surface area contributed by atoms with Crippen molar-refractivity contribution in [2.45, 2.75) is 223 Å². The molecule has 0 spiro atoms. The fourth-order valence-electron chi connectivity index (χ4n) is 12.8. The number of aliphatic hydroxyl groups is 4. The van der Waals surface area contributed by atoms with Crippen molar-refractivity contribution >= 4 is 118 Å². The van der Waals surface area contributed by atoms with Crippen LogP contribution in [0.5, 0.6) is 11.5 Å². The van der Waals surface area contributed by atoms with E-state index in [1.54, 1.807) is 45.9 Å². The number of phenolic OH excluding ortho intramolecular Hbond substituents is 2. The van der Waals surface area contributed by atoms with Gasteiger partial charge in [-0.05, 0) is 106 Å². The summed E-state index contributed by atoms with van der Waals surface area (Å²) in [6, 6.07) is -3.33. The lowest BCUT2D eigenvalue weighted by Crippen LogP contribution is -2.63. The van der Waals surface area contributed by atoms with Crippen LogP contribution in [-0.4, -0.2) is 297 Å². The van der Waals surface area contributed by atoms with Crippen molar-refractivity contribution in [3.05, 3.63) is 129 Å². The summed E-state index contributed by atoms with van der Waals surface area (Å²) in [5.74, 6) is -23.8. The van der Waals surface area contributed by atoms with Crippen molar-refractivity contribution in [2.75, 3.05) is 44.4 Å². The topological polar surface area (TPSA) is 751 Å². The van der Waals surface area contributed by atoms with Crippen molar-refractivity contribution in [1.82, 2.24) is 89.3 Å². The van der Waals surface area contributed by atoms with E-state index in [0.29, 0.717) is 36.9 Å². The summed E-state index contributed by atoms with van der Waals surface area (Å²) < 4.78 is 1.13. The Morgan fingerprint density at radius 1 is 0.424 bits per heavy atom. The summed E-state index contributed by atoms with van der Waals surface area (Å²) in [4.78, 5) is 270. The monoisotopic (exact) mass is 1880 g/mol. The third-order valence-electron chi connectivity index (χ3n) is 20.1. The molecule has 0 aliphatic rings. The molecule has 726 valence electrons. The summed E-state index contributed by atoms with van der Waals surface area (Å²) in [5, 5.41) is 128. The number of carboxylic acids is 3. The Morgan fingerprint density at radius 2 is 0.841 bits per heavy atom. The van der Waals surface area contributed by atoms with Crippen molar-refractivity contribution in [1.29, 1.82) is 0 Å². The molecule has 0 aliphatic carbocycles. The van der Waals surface area contributed by atoms with Gasteiger partial charge in [-0.2, -0.15) is 0 Å². The number of rotatable bonds is 59. The summed E-state index contributed by atoms with van der Waals surface area (Å²) in [6.07, 6.45) is -5.25. The number of hydrogen-bond acceptors (Lipinski definition) is 28. The zero-order chi connectivity index (χ0) is 98.6. The van der Waals surface area contributed by atoms with Crippen LogP contribution in [0.3, 0.4) is 0 Å². The third kappa shape index (κ3) is 40.3. The number of aliphatic hydroxyl groups excluding tert-OH is 4. The third-order valence-corrected chi connectivity index (χ3v) is 21.0. The molecule has 0 saturated heterocycles. The number of carboxylic acid groups (broad SMARTS) is 3. The Morgan fingerprint density at radius 3 is 1.32 bits per heavy atom. The maximum Gasteiger partial charge on any atom is 0.328 e. The van der Waals surface area contributed by atoms with Gasteiger partial charge in [0.15, 0.2) is 0 Å². The smallest absolute Gasteiger partial charge is 0.328 e. The molecule has 0 fully saturated rings. The first-order valence-corrected chi connectivity index (χ1v) is 43.4. The van der Waals surface area contributed by atoms with Gasteiger partial charge in [-0.25, -0.2) is 4.79 Å². The van der Waals surface area contributed by atoms with Crippen LogP contribution in [0.15, 0.2) is 101 Å². The number of nitrogens with one attached hydrogen (secondary N) is 16. The number of aromatic hydroxyl groups is 2. The molecule has 47 nitrogen and oxygen atoms in total. The molecule has 0 unspecified atom stereocenters. The highest BCUT2D eigenvalue weighted by molar-refractivity contribution is 8.00. The van der Waals surface area contributed by atoms with E-state index < -0.39 is 278 Å². The SMILES string of the molecule is CC[C@H](C)[C@H](NC(=O)[C@H](CO)NC(=O)[C@H](Cc1ccc(O)cc1)NC(=O)[C@H](CC(=O)O)NC(=O)[C@H](CO)NC(=O)[C@@H](NC(=O)[C@H](Cc1ccccc1)NC(=O)[C@@H](NC(=O)CNC(=O)[C@H](CCC(=O)O)NC(=O)CSCC(=O)NCCn1ccc(=O)[nH]c1=O)[C@@H](C)O)[C@@H](C)O)C(=O)N[C@@H](Cc1ccc(O)cc1)C(=O)N[C@@H](CC(C)C)C(=O)N[C@@H](CC(=O)O)C(=O)N[C@H](C)CCCCN. The van der Waals surface area contributed by atoms with E-state index in [4.69, 9.17) is 5.73 Å². The lowest BCUT2D eigenvalue weighted by atomic mass is 9.96. The molecule has 0 aliphatic heterocycles. The number of nitrogens with two attached hydrogens (primary N) is 1. The Hall–Kier alpha value is -13.4. The fourth-order valence-corrected chi connectivity index (χ4v) is 13.4. The molecule has 0 radical (unpaired) electrons. The number of unbranched alkanes of at least 4 members (excludes halogenated alkanes) is 1. The summed E-state index contributed by atoms with van der Waals surface area (Å²) in [7, 11) is 0. The van der Waals surface area contributed by atoms with Crippen molar-refractivity contribution < 1.29 is 132 Å². The number of thioether (sulfide) groups is 1. The van der Waals surface area contributed by atoms with Gasteiger partial charge in [-0.3, -0.25) is 101 Å².